The van der Waals surface area contributed by atoms with Gasteiger partial charge in [0.25, 0.3) is 0 Å². The van der Waals surface area contributed by atoms with Gasteiger partial charge in [-0.2, -0.15) is 0 Å². The third-order valence-corrected chi connectivity index (χ3v) is 9.57. The molecule has 1 aromatic carbocycles. The van der Waals surface area contributed by atoms with E-state index in [1.54, 1.807) is 0 Å². The van der Waals surface area contributed by atoms with E-state index in [4.69, 9.17) is 9.47 Å². The molecule has 0 unspecified atom stereocenters. The highest BCUT2D eigenvalue weighted by molar-refractivity contribution is 5.76. The Morgan fingerprint density at radius 1 is 0.370 bits per heavy atom. The van der Waals surface area contributed by atoms with E-state index in [0.29, 0.717) is 18.8 Å². The van der Waals surface area contributed by atoms with Crippen LogP contribution in [0, 0.1) is 0 Å². The van der Waals surface area contributed by atoms with Gasteiger partial charge in [0.15, 0.2) is 0 Å². The van der Waals surface area contributed by atoms with Gasteiger partial charge in [-0.05, 0) is 25.0 Å². The molecule has 0 radical (unpaired) electrons. The summed E-state index contributed by atoms with van der Waals surface area (Å²) in [6.07, 6.45) is 44.8. The van der Waals surface area contributed by atoms with Crippen molar-refractivity contribution >= 4 is 6.29 Å². The Hall–Kier alpha value is -1.51. The quantitative estimate of drug-likeness (QED) is 0.0535. The lowest BCUT2D eigenvalue weighted by Crippen LogP contribution is -2.01. The number of carbonyl (C=O) groups is 1. The zero-order chi connectivity index (χ0) is 33.0. The summed E-state index contributed by atoms with van der Waals surface area (Å²) >= 11 is 0. The molecular weight excluding hydrogens is 564 g/mol. The maximum atomic E-state index is 11.5. The highest BCUT2D eigenvalue weighted by Gasteiger charge is 2.04. The van der Waals surface area contributed by atoms with Crippen LogP contribution in [-0.4, -0.2) is 19.5 Å². The van der Waals surface area contributed by atoms with Gasteiger partial charge in [-0.1, -0.05) is 206 Å². The van der Waals surface area contributed by atoms with Crippen LogP contribution in [0.15, 0.2) is 18.2 Å². The van der Waals surface area contributed by atoms with Gasteiger partial charge >= 0.3 is 0 Å². The second-order valence-corrected chi connectivity index (χ2v) is 14.2. The van der Waals surface area contributed by atoms with Crippen LogP contribution in [0.25, 0.3) is 0 Å². The average molecular weight is 643 g/mol. The number of aldehydes is 1. The van der Waals surface area contributed by atoms with E-state index >= 15 is 0 Å². The fraction of sp³-hybridized carbons (Fsp3) is 0.837. The summed E-state index contributed by atoms with van der Waals surface area (Å²) in [5.41, 5.74) is 0.631. The molecule has 0 amide bonds. The second kappa shape index (κ2) is 34.8. The number of hydrogen-bond acceptors (Lipinski definition) is 3. The highest BCUT2D eigenvalue weighted by Crippen LogP contribution is 2.23. The van der Waals surface area contributed by atoms with E-state index in [9.17, 15) is 4.79 Å². The van der Waals surface area contributed by atoms with Gasteiger partial charge in [-0.15, -0.1) is 0 Å². The van der Waals surface area contributed by atoms with E-state index in [0.717, 1.165) is 30.6 Å². The first-order chi connectivity index (χ1) is 22.8. The molecule has 1 aromatic rings. The third-order valence-electron chi connectivity index (χ3n) is 9.57. The minimum atomic E-state index is 0.631. The van der Waals surface area contributed by atoms with Crippen LogP contribution in [0.4, 0.5) is 0 Å². The van der Waals surface area contributed by atoms with E-state index in [1.807, 2.05) is 18.2 Å². The smallest absolute Gasteiger partial charge is 0.150 e. The van der Waals surface area contributed by atoms with Crippen LogP contribution in [-0.2, 0) is 0 Å². The van der Waals surface area contributed by atoms with Crippen molar-refractivity contribution < 1.29 is 14.3 Å². The lowest BCUT2D eigenvalue weighted by molar-refractivity contribution is 0.112. The SMILES string of the molecule is CCCCCCCCCCCCCCCCCCOc1cc(C=O)cc(OCCCCCCCCCCCCCCCCCC)c1. The maximum absolute atomic E-state index is 11.5. The van der Waals surface area contributed by atoms with Crippen molar-refractivity contribution in [3.05, 3.63) is 23.8 Å². The predicted molar refractivity (Wildman–Crippen MR) is 202 cm³/mol. The molecule has 0 N–H and O–H groups in total. The van der Waals surface area contributed by atoms with Crippen LogP contribution < -0.4 is 9.47 Å². The van der Waals surface area contributed by atoms with Gasteiger partial charge in [-0.3, -0.25) is 4.79 Å². The third kappa shape index (κ3) is 28.7. The monoisotopic (exact) mass is 643 g/mol. The number of benzene rings is 1. The molecule has 0 aliphatic rings. The first kappa shape index (κ1) is 42.5. The van der Waals surface area contributed by atoms with Crippen molar-refractivity contribution in [1.82, 2.24) is 0 Å². The molecule has 0 aliphatic carbocycles. The standard InChI is InChI=1S/C43H78O3/c1-3-5-7-9-11-13-15-17-19-21-23-25-27-29-31-33-35-45-42-37-41(40-44)38-43(39-42)46-36-34-32-30-28-26-24-22-20-18-16-14-12-10-8-6-4-2/h37-40H,3-36H2,1-2H3. The Morgan fingerprint density at radius 3 is 0.848 bits per heavy atom. The fourth-order valence-electron chi connectivity index (χ4n) is 6.51. The van der Waals surface area contributed by atoms with Crippen LogP contribution in [0.2, 0.25) is 0 Å². The molecule has 3 nitrogen and oxygen atoms in total. The fourth-order valence-corrected chi connectivity index (χ4v) is 6.51. The zero-order valence-corrected chi connectivity index (χ0v) is 31.1. The summed E-state index contributed by atoms with van der Waals surface area (Å²) in [5.74, 6) is 1.51. The molecule has 268 valence electrons. The minimum absolute atomic E-state index is 0.631. The van der Waals surface area contributed by atoms with Crippen molar-refractivity contribution in [2.75, 3.05) is 13.2 Å². The zero-order valence-electron chi connectivity index (χ0n) is 31.1. The molecule has 0 bridgehead atoms. The van der Waals surface area contributed by atoms with Crippen LogP contribution in [0.1, 0.15) is 230 Å². The topological polar surface area (TPSA) is 35.5 Å². The molecule has 0 aliphatic heterocycles. The van der Waals surface area contributed by atoms with Gasteiger partial charge in [0, 0.05) is 11.6 Å². The Morgan fingerprint density at radius 2 is 0.609 bits per heavy atom. The molecule has 0 saturated carbocycles. The number of ether oxygens (including phenoxy) is 2. The number of unbranched alkanes of at least 4 members (excludes halogenated alkanes) is 30. The van der Waals surface area contributed by atoms with E-state index in [1.165, 1.54) is 193 Å². The average Bonchev–Trinajstić information content (AvgIpc) is 3.07. The summed E-state index contributed by atoms with van der Waals surface area (Å²) in [6, 6.07) is 5.62. The van der Waals surface area contributed by atoms with Gasteiger partial charge in [0.2, 0.25) is 0 Å². The summed E-state index contributed by atoms with van der Waals surface area (Å²) in [5, 5.41) is 0. The molecule has 46 heavy (non-hydrogen) atoms. The molecule has 0 saturated heterocycles. The summed E-state index contributed by atoms with van der Waals surface area (Å²) in [6.45, 7) is 6.00. The molecule has 0 atom stereocenters. The predicted octanol–water partition coefficient (Wildman–Crippen LogP) is 14.8. The number of rotatable bonds is 37. The molecule has 3 heteroatoms. The Balaban J connectivity index is 1.95. The molecule has 0 fully saturated rings. The van der Waals surface area contributed by atoms with Gasteiger partial charge in [-0.25, -0.2) is 0 Å². The van der Waals surface area contributed by atoms with Crippen LogP contribution in [0.3, 0.4) is 0 Å². The van der Waals surface area contributed by atoms with Crippen molar-refractivity contribution in [2.24, 2.45) is 0 Å². The van der Waals surface area contributed by atoms with Crippen LogP contribution >= 0.6 is 0 Å². The van der Waals surface area contributed by atoms with Crippen molar-refractivity contribution in [1.29, 1.82) is 0 Å². The first-order valence-corrected chi connectivity index (χ1v) is 20.7. The molecular formula is C43H78O3. The minimum Gasteiger partial charge on any atom is -0.493 e. The highest BCUT2D eigenvalue weighted by atomic mass is 16.5. The normalized spacial score (nSPS) is 11.3. The molecule has 0 aromatic heterocycles. The molecule has 1 rings (SSSR count). The summed E-state index contributed by atoms with van der Waals surface area (Å²) in [4.78, 5) is 11.5. The number of hydrogen-bond donors (Lipinski definition) is 0. The van der Waals surface area contributed by atoms with Gasteiger partial charge in [0.1, 0.15) is 17.8 Å². The molecule has 0 heterocycles. The van der Waals surface area contributed by atoms with Gasteiger partial charge < -0.3 is 9.47 Å². The van der Waals surface area contributed by atoms with E-state index in [2.05, 4.69) is 13.8 Å². The largest absolute Gasteiger partial charge is 0.493 e. The number of carbonyl (C=O) groups excluding carboxylic acids is 1. The maximum Gasteiger partial charge on any atom is 0.150 e. The lowest BCUT2D eigenvalue weighted by atomic mass is 10.0. The lowest BCUT2D eigenvalue weighted by Gasteiger charge is -2.11. The summed E-state index contributed by atoms with van der Waals surface area (Å²) in [7, 11) is 0. The van der Waals surface area contributed by atoms with Crippen LogP contribution in [0.5, 0.6) is 11.5 Å². The van der Waals surface area contributed by atoms with Crippen molar-refractivity contribution in [2.45, 2.75) is 219 Å². The van der Waals surface area contributed by atoms with E-state index in [-0.39, 0.29) is 0 Å². The summed E-state index contributed by atoms with van der Waals surface area (Å²) < 4.78 is 12.0. The van der Waals surface area contributed by atoms with Gasteiger partial charge in [0.05, 0.1) is 13.2 Å². The Kier molecular flexibility index (Phi) is 32.2. The van der Waals surface area contributed by atoms with E-state index < -0.39 is 0 Å². The van der Waals surface area contributed by atoms with Crippen molar-refractivity contribution in [3.8, 4) is 11.5 Å². The Bertz CT molecular complexity index is 704. The second-order valence-electron chi connectivity index (χ2n) is 14.2. The Labute approximate surface area is 287 Å². The first-order valence-electron chi connectivity index (χ1n) is 20.7. The van der Waals surface area contributed by atoms with Crippen molar-refractivity contribution in [3.63, 3.8) is 0 Å². The molecule has 0 spiro atoms.